The highest BCUT2D eigenvalue weighted by molar-refractivity contribution is 9.10. The molecular formula is C24H35BrN4O3. The van der Waals surface area contributed by atoms with Gasteiger partial charge in [0.2, 0.25) is 0 Å². The molecule has 1 aliphatic heterocycles. The molecule has 1 aromatic heterocycles. The number of halogens is 1. The second-order valence-corrected chi connectivity index (χ2v) is 11.0. The first kappa shape index (κ1) is 24.6. The van der Waals surface area contributed by atoms with Gasteiger partial charge in [0.1, 0.15) is 5.60 Å². The predicted molar refractivity (Wildman–Crippen MR) is 129 cm³/mol. The predicted octanol–water partition coefficient (Wildman–Crippen LogP) is 5.63. The number of piperidine rings is 1. The molecule has 8 heteroatoms. The molecule has 1 aliphatic rings. The zero-order valence-electron chi connectivity index (χ0n) is 20.2. The minimum absolute atomic E-state index is 0.132. The summed E-state index contributed by atoms with van der Waals surface area (Å²) in [5.74, 6) is 0.972. The van der Waals surface area contributed by atoms with Crippen LogP contribution >= 0.6 is 15.9 Å². The Bertz CT molecular complexity index is 914. The van der Waals surface area contributed by atoms with Crippen LogP contribution in [0.5, 0.6) is 0 Å². The van der Waals surface area contributed by atoms with Gasteiger partial charge in [0, 0.05) is 30.7 Å². The van der Waals surface area contributed by atoms with Crippen LogP contribution in [0.2, 0.25) is 0 Å². The van der Waals surface area contributed by atoms with Crippen LogP contribution in [0.15, 0.2) is 33.3 Å². The number of ether oxygens (including phenoxy) is 1. The highest BCUT2D eigenvalue weighted by Crippen LogP contribution is 2.38. The topological polar surface area (TPSA) is 71.7 Å². The first-order valence-corrected chi connectivity index (χ1v) is 12.0. The monoisotopic (exact) mass is 506 g/mol. The number of carbonyl (C=O) groups is 1. The summed E-state index contributed by atoms with van der Waals surface area (Å²) >= 11 is 3.51. The van der Waals surface area contributed by atoms with Crippen molar-refractivity contribution >= 4 is 28.0 Å². The summed E-state index contributed by atoms with van der Waals surface area (Å²) < 4.78 is 12.3. The lowest BCUT2D eigenvalue weighted by atomic mass is 9.73. The molecule has 1 aromatic carbocycles. The molecule has 0 aliphatic carbocycles. The number of hydrogen-bond acceptors (Lipinski definition) is 6. The molecule has 2 aromatic rings. The Morgan fingerprint density at radius 1 is 1.19 bits per heavy atom. The molecule has 32 heavy (non-hydrogen) atoms. The number of amides is 1. The second-order valence-electron chi connectivity index (χ2n) is 10.1. The highest BCUT2D eigenvalue weighted by Gasteiger charge is 2.38. The molecule has 0 radical (unpaired) electrons. The summed E-state index contributed by atoms with van der Waals surface area (Å²) in [7, 11) is 1.81. The number of anilines is 1. The van der Waals surface area contributed by atoms with Crippen molar-refractivity contribution in [2.45, 2.75) is 71.4 Å². The summed E-state index contributed by atoms with van der Waals surface area (Å²) in [5.41, 5.74) is 0.294. The Balaban J connectivity index is 1.70. The normalized spacial score (nSPS) is 17.3. The fourth-order valence-corrected chi connectivity index (χ4v) is 4.26. The van der Waals surface area contributed by atoms with E-state index in [1.165, 1.54) is 0 Å². The van der Waals surface area contributed by atoms with Gasteiger partial charge in [0.25, 0.3) is 0 Å². The van der Waals surface area contributed by atoms with Crippen molar-refractivity contribution in [1.82, 2.24) is 15.0 Å². The van der Waals surface area contributed by atoms with Crippen LogP contribution in [0.1, 0.15) is 65.8 Å². The summed E-state index contributed by atoms with van der Waals surface area (Å²) in [4.78, 5) is 21.0. The van der Waals surface area contributed by atoms with Crippen molar-refractivity contribution in [2.24, 2.45) is 5.92 Å². The largest absolute Gasteiger partial charge is 0.444 e. The van der Waals surface area contributed by atoms with E-state index in [1.807, 2.05) is 40.0 Å². The van der Waals surface area contributed by atoms with E-state index >= 15 is 0 Å². The molecule has 1 fully saturated rings. The fraction of sp³-hybridized carbons (Fsp3) is 0.625. The van der Waals surface area contributed by atoms with Gasteiger partial charge in [0.15, 0.2) is 5.82 Å². The van der Waals surface area contributed by atoms with E-state index in [2.05, 4.69) is 58.9 Å². The molecule has 0 spiro atoms. The smallest absolute Gasteiger partial charge is 0.410 e. The molecule has 0 bridgehead atoms. The first-order chi connectivity index (χ1) is 14.9. The Morgan fingerprint density at radius 3 is 2.31 bits per heavy atom. The van der Waals surface area contributed by atoms with E-state index < -0.39 is 5.60 Å². The van der Waals surface area contributed by atoms with Gasteiger partial charge in [-0.3, -0.25) is 0 Å². The minimum atomic E-state index is -0.496. The lowest BCUT2D eigenvalue weighted by Crippen LogP contribution is -2.47. The summed E-state index contributed by atoms with van der Waals surface area (Å²) in [6, 6.07) is 8.98. The van der Waals surface area contributed by atoms with E-state index in [0.717, 1.165) is 36.0 Å². The Labute approximate surface area is 199 Å². The molecule has 0 N–H and O–H groups in total. The third kappa shape index (κ3) is 5.27. The van der Waals surface area contributed by atoms with Crippen molar-refractivity contribution in [3.05, 3.63) is 40.1 Å². The van der Waals surface area contributed by atoms with Crippen LogP contribution in [0, 0.1) is 5.92 Å². The van der Waals surface area contributed by atoms with E-state index in [4.69, 9.17) is 14.2 Å². The van der Waals surface area contributed by atoms with Gasteiger partial charge >= 0.3 is 12.1 Å². The second kappa shape index (κ2) is 9.41. The molecule has 1 unspecified atom stereocenters. The Kier molecular flexibility index (Phi) is 7.22. The molecule has 0 saturated carbocycles. The number of benzene rings is 1. The standard InChI is InChI=1S/C24H35BrN4O3/c1-16(2)24(6,17-8-10-18(25)11-9-17)20-26-21(32-27-20)29-14-12-19(13-15-29)28(7)22(30)31-23(3,4)5/h8-11,16,19H,12-15H2,1-7H3. The van der Waals surface area contributed by atoms with Crippen molar-refractivity contribution in [1.29, 1.82) is 0 Å². The summed E-state index contributed by atoms with van der Waals surface area (Å²) in [6.07, 6.45) is 1.36. The number of carbonyl (C=O) groups excluding carboxylic acids is 1. The maximum atomic E-state index is 12.4. The number of aromatic nitrogens is 2. The molecule has 1 atom stereocenters. The van der Waals surface area contributed by atoms with E-state index in [1.54, 1.807) is 4.90 Å². The van der Waals surface area contributed by atoms with Crippen LogP contribution in [0.25, 0.3) is 0 Å². The van der Waals surface area contributed by atoms with Crippen molar-refractivity contribution in [3.63, 3.8) is 0 Å². The maximum absolute atomic E-state index is 12.4. The number of nitrogens with zero attached hydrogens (tertiary/aromatic N) is 4. The van der Waals surface area contributed by atoms with Gasteiger partial charge < -0.3 is 19.1 Å². The molecule has 2 heterocycles. The lowest BCUT2D eigenvalue weighted by Gasteiger charge is -2.36. The van der Waals surface area contributed by atoms with E-state index in [-0.39, 0.29) is 23.5 Å². The van der Waals surface area contributed by atoms with Crippen LogP contribution in [-0.2, 0) is 10.2 Å². The average molecular weight is 507 g/mol. The van der Waals surface area contributed by atoms with Crippen LogP contribution in [0.4, 0.5) is 10.8 Å². The van der Waals surface area contributed by atoms with Gasteiger partial charge in [-0.2, -0.15) is 4.98 Å². The van der Waals surface area contributed by atoms with Crippen molar-refractivity contribution in [2.75, 3.05) is 25.0 Å². The third-order valence-corrected chi connectivity index (χ3v) is 6.97. The molecule has 1 saturated heterocycles. The number of rotatable bonds is 5. The van der Waals surface area contributed by atoms with Crippen LogP contribution < -0.4 is 4.90 Å². The van der Waals surface area contributed by atoms with Crippen LogP contribution in [0.3, 0.4) is 0 Å². The quantitative estimate of drug-likeness (QED) is 0.523. The average Bonchev–Trinajstić information content (AvgIpc) is 3.22. The Morgan fingerprint density at radius 2 is 1.78 bits per heavy atom. The fourth-order valence-electron chi connectivity index (χ4n) is 4.00. The van der Waals surface area contributed by atoms with Gasteiger partial charge in [-0.25, -0.2) is 4.79 Å². The molecular weight excluding hydrogens is 472 g/mol. The van der Waals surface area contributed by atoms with E-state index in [9.17, 15) is 4.79 Å². The molecule has 176 valence electrons. The van der Waals surface area contributed by atoms with Gasteiger partial charge in [-0.05, 0) is 64.2 Å². The van der Waals surface area contributed by atoms with Crippen molar-refractivity contribution in [3.8, 4) is 0 Å². The highest BCUT2D eigenvalue weighted by atomic mass is 79.9. The minimum Gasteiger partial charge on any atom is -0.444 e. The van der Waals surface area contributed by atoms with Crippen LogP contribution in [-0.4, -0.2) is 52.9 Å². The van der Waals surface area contributed by atoms with Crippen molar-refractivity contribution < 1.29 is 14.1 Å². The van der Waals surface area contributed by atoms with Gasteiger partial charge in [0.05, 0.1) is 5.41 Å². The molecule has 3 rings (SSSR count). The third-order valence-electron chi connectivity index (χ3n) is 6.44. The lowest BCUT2D eigenvalue weighted by molar-refractivity contribution is 0.0200. The van der Waals surface area contributed by atoms with E-state index in [0.29, 0.717) is 11.8 Å². The SMILES string of the molecule is CC(C)C(C)(c1ccc(Br)cc1)c1noc(N2CCC(N(C)C(=O)OC(C)(C)C)CC2)n1. The zero-order valence-corrected chi connectivity index (χ0v) is 21.8. The zero-order chi connectivity index (χ0) is 23.7. The number of hydrogen-bond donors (Lipinski definition) is 0. The van der Waals surface area contributed by atoms with Gasteiger partial charge in [-0.15, -0.1) is 0 Å². The summed E-state index contributed by atoms with van der Waals surface area (Å²) in [6.45, 7) is 13.7. The molecule has 7 nitrogen and oxygen atoms in total. The van der Waals surface area contributed by atoms with Gasteiger partial charge in [-0.1, -0.05) is 47.1 Å². The first-order valence-electron chi connectivity index (χ1n) is 11.2. The molecule has 1 amide bonds. The maximum Gasteiger partial charge on any atom is 0.410 e. The summed E-state index contributed by atoms with van der Waals surface area (Å²) in [5, 5.41) is 4.38. The Hall–Kier alpha value is -2.09.